The Balaban J connectivity index is 2.19. The smallest absolute Gasteiger partial charge is 0.254 e. The molecule has 0 aromatic heterocycles. The van der Waals surface area contributed by atoms with Crippen LogP contribution in [0.2, 0.25) is 0 Å². The van der Waals surface area contributed by atoms with E-state index in [1.165, 1.54) is 0 Å². The van der Waals surface area contributed by atoms with Crippen molar-refractivity contribution < 1.29 is 14.1 Å². The third-order valence-electron chi connectivity index (χ3n) is 5.87. The van der Waals surface area contributed by atoms with E-state index in [1.807, 2.05) is 29.2 Å². The predicted octanol–water partition coefficient (Wildman–Crippen LogP) is 5.78. The zero-order valence-corrected chi connectivity index (χ0v) is 22.4. The van der Waals surface area contributed by atoms with E-state index in [-0.39, 0.29) is 11.9 Å². The lowest BCUT2D eigenvalue weighted by Gasteiger charge is -2.46. The second kappa shape index (κ2) is 12.3. The summed E-state index contributed by atoms with van der Waals surface area (Å²) in [6.07, 6.45) is 2.00. The fraction of sp³-hybridized carbons (Fsp3) is 0.720. The van der Waals surface area contributed by atoms with Crippen LogP contribution in [0, 0.1) is 0 Å². The number of rotatable bonds is 11. The Morgan fingerprint density at radius 1 is 0.969 bits per heavy atom. The van der Waals surface area contributed by atoms with Gasteiger partial charge < -0.3 is 14.2 Å². The molecule has 0 unspecified atom stereocenters. The van der Waals surface area contributed by atoms with E-state index in [4.69, 9.17) is 9.26 Å². The third kappa shape index (κ3) is 6.66. The molecule has 1 aliphatic heterocycles. The highest BCUT2D eigenvalue weighted by molar-refractivity contribution is 7.47. The Labute approximate surface area is 197 Å². The minimum absolute atomic E-state index is 0.0808. The second-order valence-electron chi connectivity index (χ2n) is 9.71. The summed E-state index contributed by atoms with van der Waals surface area (Å²) in [6.45, 7) is 19.3. The maximum Gasteiger partial charge on any atom is 0.254 e. The predicted molar refractivity (Wildman–Crippen MR) is 134 cm³/mol. The molecule has 7 heteroatoms. The normalized spacial score (nSPS) is 17.2. The summed E-state index contributed by atoms with van der Waals surface area (Å²) in [6, 6.07) is 9.01. The van der Waals surface area contributed by atoms with Gasteiger partial charge in [-0.05, 0) is 92.5 Å². The first-order valence-electron chi connectivity index (χ1n) is 12.0. The summed E-state index contributed by atoms with van der Waals surface area (Å²) in [7, 11) is 0.688. The van der Waals surface area contributed by atoms with Crippen LogP contribution in [0.1, 0.15) is 78.6 Å². The molecular weight excluding hydrogens is 421 g/mol. The lowest BCUT2D eigenvalue weighted by atomic mass is 10.1. The first-order valence-corrected chi connectivity index (χ1v) is 13.2. The first-order chi connectivity index (χ1) is 15.1. The van der Waals surface area contributed by atoms with Gasteiger partial charge >= 0.3 is 0 Å². The Kier molecular flexibility index (Phi) is 10.4. The van der Waals surface area contributed by atoms with Gasteiger partial charge in [-0.3, -0.25) is 4.79 Å². The van der Waals surface area contributed by atoms with E-state index in [0.717, 1.165) is 25.1 Å². The molecule has 0 radical (unpaired) electrons. The van der Waals surface area contributed by atoms with E-state index < -0.39 is 8.45 Å². The molecule has 2 rings (SSSR count). The molecule has 32 heavy (non-hydrogen) atoms. The van der Waals surface area contributed by atoms with E-state index in [9.17, 15) is 4.79 Å². The molecule has 1 fully saturated rings. The van der Waals surface area contributed by atoms with E-state index >= 15 is 0 Å². The van der Waals surface area contributed by atoms with Crippen molar-refractivity contribution in [3.8, 4) is 5.75 Å². The molecule has 0 spiro atoms. The molecule has 1 atom stereocenters. The zero-order valence-electron chi connectivity index (χ0n) is 21.5. The first kappa shape index (κ1) is 27.0. The number of amides is 1. The highest BCUT2D eigenvalue weighted by Crippen LogP contribution is 2.51. The molecule has 1 amide bonds. The Morgan fingerprint density at radius 2 is 1.47 bits per heavy atom. The molecule has 1 aromatic rings. The van der Waals surface area contributed by atoms with Gasteiger partial charge in [-0.1, -0.05) is 0 Å². The summed E-state index contributed by atoms with van der Waals surface area (Å²) < 4.78 is 17.0. The largest absolute Gasteiger partial charge is 0.497 e. The standard InChI is InChI=1S/C25H44N3O3P/c1-18(2)27(19(3)4)32(28(20(5)6)21(7)8)31-17-23-11-10-16-26(23)25(29)22-12-14-24(30-9)15-13-22/h12-15,18-21,23H,10-11,16-17H2,1-9H3/t23-/m0/s1. The van der Waals surface area contributed by atoms with Gasteiger partial charge in [-0.25, -0.2) is 9.34 Å². The number of methoxy groups -OCH3 is 1. The Morgan fingerprint density at radius 3 is 1.91 bits per heavy atom. The fourth-order valence-corrected chi connectivity index (χ4v) is 6.95. The van der Waals surface area contributed by atoms with E-state index in [1.54, 1.807) is 7.11 Å². The van der Waals surface area contributed by atoms with Crippen LogP contribution in [-0.2, 0) is 4.52 Å². The monoisotopic (exact) mass is 465 g/mol. The van der Waals surface area contributed by atoms with Crippen molar-refractivity contribution in [2.75, 3.05) is 20.3 Å². The number of nitrogens with zero attached hydrogens (tertiary/aromatic N) is 3. The lowest BCUT2D eigenvalue weighted by Crippen LogP contribution is -2.44. The van der Waals surface area contributed by atoms with E-state index in [0.29, 0.717) is 36.3 Å². The van der Waals surface area contributed by atoms with Gasteiger partial charge in [-0.15, -0.1) is 0 Å². The van der Waals surface area contributed by atoms with Crippen LogP contribution in [0.4, 0.5) is 0 Å². The van der Waals surface area contributed by atoms with Crippen LogP contribution in [-0.4, -0.2) is 70.6 Å². The van der Waals surface area contributed by atoms with Crippen molar-refractivity contribution in [1.82, 2.24) is 14.2 Å². The lowest BCUT2D eigenvalue weighted by molar-refractivity contribution is 0.0679. The summed E-state index contributed by atoms with van der Waals surface area (Å²) >= 11 is 0. The summed E-state index contributed by atoms with van der Waals surface area (Å²) in [4.78, 5) is 15.2. The maximum absolute atomic E-state index is 13.2. The van der Waals surface area contributed by atoms with Crippen molar-refractivity contribution in [2.24, 2.45) is 0 Å². The van der Waals surface area contributed by atoms with Crippen LogP contribution >= 0.6 is 8.45 Å². The quantitative estimate of drug-likeness (QED) is 0.388. The van der Waals surface area contributed by atoms with Crippen LogP contribution in [0.5, 0.6) is 5.75 Å². The van der Waals surface area contributed by atoms with Gasteiger partial charge in [0.15, 0.2) is 8.45 Å². The number of benzene rings is 1. The summed E-state index contributed by atoms with van der Waals surface area (Å²) in [5.74, 6) is 0.843. The van der Waals surface area contributed by atoms with Crippen LogP contribution < -0.4 is 4.74 Å². The topological polar surface area (TPSA) is 45.2 Å². The zero-order chi connectivity index (χ0) is 24.0. The summed E-state index contributed by atoms with van der Waals surface area (Å²) in [5.41, 5.74) is 0.705. The molecule has 0 N–H and O–H groups in total. The molecule has 1 aliphatic rings. The number of ether oxygens (including phenoxy) is 1. The SMILES string of the molecule is COc1ccc(C(=O)N2CCC[C@H]2COP(N(C(C)C)C(C)C)N(C(C)C)C(C)C)cc1. The van der Waals surface area contributed by atoms with Crippen molar-refractivity contribution in [2.45, 2.75) is 98.4 Å². The average Bonchev–Trinajstić information content (AvgIpc) is 3.19. The fourth-order valence-electron chi connectivity index (χ4n) is 4.56. The second-order valence-corrected chi connectivity index (χ2v) is 11.4. The van der Waals surface area contributed by atoms with Crippen LogP contribution in [0.25, 0.3) is 0 Å². The van der Waals surface area contributed by atoms with Gasteiger partial charge in [0.2, 0.25) is 0 Å². The van der Waals surface area contributed by atoms with E-state index in [2.05, 4.69) is 64.7 Å². The number of carbonyl (C=O) groups is 1. The minimum atomic E-state index is -0.949. The minimum Gasteiger partial charge on any atom is -0.497 e. The molecule has 1 aromatic carbocycles. The molecule has 182 valence electrons. The number of likely N-dealkylation sites (tertiary alicyclic amines) is 1. The van der Waals surface area contributed by atoms with Crippen molar-refractivity contribution >= 4 is 14.4 Å². The molecule has 1 heterocycles. The van der Waals surface area contributed by atoms with Gasteiger partial charge in [-0.2, -0.15) is 0 Å². The molecular formula is C25H44N3O3P. The number of hydrogen-bond acceptors (Lipinski definition) is 5. The molecule has 6 nitrogen and oxygen atoms in total. The van der Waals surface area contributed by atoms with Gasteiger partial charge in [0.05, 0.1) is 19.8 Å². The van der Waals surface area contributed by atoms with Gasteiger partial charge in [0, 0.05) is 36.3 Å². The molecule has 0 saturated carbocycles. The average molecular weight is 466 g/mol. The van der Waals surface area contributed by atoms with Crippen molar-refractivity contribution in [1.29, 1.82) is 0 Å². The summed E-state index contributed by atoms with van der Waals surface area (Å²) in [5, 5.41) is 0. The van der Waals surface area contributed by atoms with Crippen LogP contribution in [0.15, 0.2) is 24.3 Å². The van der Waals surface area contributed by atoms with Gasteiger partial charge in [0.25, 0.3) is 5.91 Å². The number of carbonyl (C=O) groups excluding carboxylic acids is 1. The van der Waals surface area contributed by atoms with Gasteiger partial charge in [0.1, 0.15) is 5.75 Å². The number of hydrogen-bond donors (Lipinski definition) is 0. The molecule has 0 bridgehead atoms. The van der Waals surface area contributed by atoms with Crippen molar-refractivity contribution in [3.63, 3.8) is 0 Å². The Bertz CT molecular complexity index is 673. The Hall–Kier alpha value is -1.20. The highest BCUT2D eigenvalue weighted by Gasteiger charge is 2.37. The highest BCUT2D eigenvalue weighted by atomic mass is 31.2. The maximum atomic E-state index is 13.2. The van der Waals surface area contributed by atoms with Crippen LogP contribution in [0.3, 0.4) is 0 Å². The third-order valence-corrected chi connectivity index (χ3v) is 8.89. The molecule has 1 saturated heterocycles. The van der Waals surface area contributed by atoms with Crippen molar-refractivity contribution in [3.05, 3.63) is 29.8 Å². The molecule has 0 aliphatic carbocycles.